The molecule has 0 radical (unpaired) electrons. The van der Waals surface area contributed by atoms with Gasteiger partial charge >= 0.3 is 0 Å². The second-order valence-corrected chi connectivity index (χ2v) is 10.0. The number of nitrogens with zero attached hydrogens (tertiary/aromatic N) is 4. The second-order valence-electron chi connectivity index (χ2n) is 6.65. The Bertz CT molecular complexity index is 1210. The lowest BCUT2D eigenvalue weighted by Crippen LogP contribution is -2.13. The van der Waals surface area contributed by atoms with Crippen LogP contribution in [-0.4, -0.2) is 38.0 Å². The Morgan fingerprint density at radius 1 is 0.844 bits per heavy atom. The van der Waals surface area contributed by atoms with Crippen LogP contribution in [0, 0.1) is 6.92 Å². The van der Waals surface area contributed by atoms with Gasteiger partial charge in [-0.05, 0) is 36.6 Å². The molecule has 4 aromatic rings. The van der Waals surface area contributed by atoms with Crippen LogP contribution in [-0.2, 0) is 11.2 Å². The van der Waals surface area contributed by atoms with Crippen molar-refractivity contribution in [3.05, 3.63) is 76.3 Å². The van der Waals surface area contributed by atoms with Gasteiger partial charge in [0.2, 0.25) is 16.2 Å². The first-order valence-corrected chi connectivity index (χ1v) is 12.2. The highest BCUT2D eigenvalue weighted by molar-refractivity contribution is 8.01. The van der Waals surface area contributed by atoms with Gasteiger partial charge in [0.05, 0.1) is 5.75 Å². The highest BCUT2D eigenvalue weighted by Gasteiger charge is 2.13. The number of aromatic nitrogens is 4. The third kappa shape index (κ3) is 6.19. The van der Waals surface area contributed by atoms with Gasteiger partial charge in [0, 0.05) is 5.56 Å². The molecule has 32 heavy (non-hydrogen) atoms. The summed E-state index contributed by atoms with van der Waals surface area (Å²) in [5, 5.41) is 22.8. The Kier molecular flexibility index (Phi) is 7.20. The molecule has 11 heteroatoms. The molecular formula is C21H18N6O2S3. The van der Waals surface area contributed by atoms with Crippen LogP contribution in [0.4, 0.5) is 10.3 Å². The Hall–Kier alpha value is -3.15. The van der Waals surface area contributed by atoms with Crippen molar-refractivity contribution in [2.24, 2.45) is 0 Å². The van der Waals surface area contributed by atoms with Gasteiger partial charge in [0.1, 0.15) is 5.01 Å². The highest BCUT2D eigenvalue weighted by atomic mass is 32.2. The number of carbonyl (C=O) groups is 2. The molecule has 162 valence electrons. The van der Waals surface area contributed by atoms with Gasteiger partial charge in [-0.3, -0.25) is 20.2 Å². The van der Waals surface area contributed by atoms with Gasteiger partial charge in [0.15, 0.2) is 4.34 Å². The number of hydrogen-bond acceptors (Lipinski definition) is 9. The summed E-state index contributed by atoms with van der Waals surface area (Å²) in [6.07, 6.45) is 0.811. The fraction of sp³-hybridized carbons (Fsp3) is 0.143. The first-order valence-electron chi connectivity index (χ1n) is 9.55. The average molecular weight is 483 g/mol. The monoisotopic (exact) mass is 482 g/mol. The maximum atomic E-state index is 12.5. The molecule has 0 atom stereocenters. The van der Waals surface area contributed by atoms with Crippen LogP contribution < -0.4 is 10.6 Å². The van der Waals surface area contributed by atoms with Gasteiger partial charge in [-0.1, -0.05) is 76.9 Å². The van der Waals surface area contributed by atoms with Crippen LogP contribution in [0.3, 0.4) is 0 Å². The summed E-state index contributed by atoms with van der Waals surface area (Å²) >= 11 is 3.77. The minimum absolute atomic E-state index is 0.157. The summed E-state index contributed by atoms with van der Waals surface area (Å²) in [5.41, 5.74) is 2.89. The first kappa shape index (κ1) is 22.1. The Morgan fingerprint density at radius 3 is 2.25 bits per heavy atom. The molecule has 4 rings (SSSR count). The lowest BCUT2D eigenvalue weighted by atomic mass is 10.0. The summed E-state index contributed by atoms with van der Waals surface area (Å²) in [4.78, 5) is 24.5. The smallest absolute Gasteiger partial charge is 0.257 e. The number of carbonyl (C=O) groups excluding carboxylic acids is 2. The lowest BCUT2D eigenvalue weighted by molar-refractivity contribution is -0.113. The van der Waals surface area contributed by atoms with E-state index in [0.717, 1.165) is 17.0 Å². The number of rotatable bonds is 8. The van der Waals surface area contributed by atoms with Crippen LogP contribution in [0.5, 0.6) is 0 Å². The minimum Gasteiger partial charge on any atom is -0.300 e. The summed E-state index contributed by atoms with van der Waals surface area (Å²) in [6.45, 7) is 1.82. The predicted octanol–water partition coefficient (Wildman–Crippen LogP) is 4.27. The molecule has 8 nitrogen and oxygen atoms in total. The van der Waals surface area contributed by atoms with Crippen LogP contribution >= 0.6 is 34.4 Å². The minimum atomic E-state index is -0.256. The largest absolute Gasteiger partial charge is 0.300 e. The van der Waals surface area contributed by atoms with Gasteiger partial charge < -0.3 is 0 Å². The SMILES string of the molecule is Cc1nnc(NC(=O)CSc2nnc(NC(=O)c3ccc(Cc4ccccc4)cc3)s2)s1. The van der Waals surface area contributed by atoms with Crippen molar-refractivity contribution in [2.75, 3.05) is 16.4 Å². The van der Waals surface area contributed by atoms with E-state index in [4.69, 9.17) is 0 Å². The van der Waals surface area contributed by atoms with Crippen LogP contribution in [0.1, 0.15) is 26.5 Å². The van der Waals surface area contributed by atoms with Crippen molar-refractivity contribution < 1.29 is 9.59 Å². The number of amides is 2. The van der Waals surface area contributed by atoms with Crippen molar-refractivity contribution >= 4 is 56.5 Å². The summed E-state index contributed by atoms with van der Waals surface area (Å²) < 4.78 is 0.585. The zero-order valence-electron chi connectivity index (χ0n) is 16.9. The normalized spacial score (nSPS) is 10.7. The Labute approximate surface area is 196 Å². The van der Waals surface area contributed by atoms with Crippen LogP contribution in [0.2, 0.25) is 0 Å². The molecule has 2 N–H and O–H groups in total. The maximum Gasteiger partial charge on any atom is 0.257 e. The maximum absolute atomic E-state index is 12.5. The van der Waals surface area contributed by atoms with Crippen molar-refractivity contribution in [2.45, 2.75) is 17.7 Å². The molecule has 0 fully saturated rings. The van der Waals surface area contributed by atoms with Crippen molar-refractivity contribution in [1.29, 1.82) is 0 Å². The second kappa shape index (κ2) is 10.4. The summed E-state index contributed by atoms with van der Waals surface area (Å²) in [5.74, 6) is -0.305. The zero-order valence-corrected chi connectivity index (χ0v) is 19.4. The molecule has 0 aliphatic carbocycles. The standard InChI is InChI=1S/C21H18N6O2S3/c1-13-24-25-19(31-13)22-17(28)12-30-21-27-26-20(32-21)23-18(29)16-9-7-15(8-10-16)11-14-5-3-2-4-6-14/h2-10H,11-12H2,1H3,(H,22,25,28)(H,23,26,29). The Balaban J connectivity index is 1.27. The van der Waals surface area contributed by atoms with Crippen LogP contribution in [0.15, 0.2) is 58.9 Å². The molecule has 0 unspecified atom stereocenters. The fourth-order valence-electron chi connectivity index (χ4n) is 2.72. The average Bonchev–Trinajstić information content (AvgIpc) is 3.42. The van der Waals surface area contributed by atoms with Gasteiger partial charge in [0.25, 0.3) is 5.91 Å². The van der Waals surface area contributed by atoms with E-state index < -0.39 is 0 Å². The lowest BCUT2D eigenvalue weighted by Gasteiger charge is -2.04. The molecule has 0 bridgehead atoms. The van der Waals surface area contributed by atoms with E-state index in [1.807, 2.05) is 37.3 Å². The number of nitrogens with one attached hydrogen (secondary N) is 2. The van der Waals surface area contributed by atoms with Gasteiger partial charge in [-0.15, -0.1) is 20.4 Å². The third-order valence-corrected chi connectivity index (χ3v) is 6.92. The van der Waals surface area contributed by atoms with E-state index in [1.54, 1.807) is 12.1 Å². The molecule has 0 aliphatic rings. The molecule has 0 spiro atoms. The number of hydrogen-bond donors (Lipinski definition) is 2. The number of anilines is 2. The summed E-state index contributed by atoms with van der Waals surface area (Å²) in [7, 11) is 0. The molecule has 2 aromatic heterocycles. The predicted molar refractivity (Wildman–Crippen MR) is 128 cm³/mol. The third-order valence-electron chi connectivity index (χ3n) is 4.19. The quantitative estimate of drug-likeness (QED) is 0.285. The van der Waals surface area contributed by atoms with E-state index in [0.29, 0.717) is 20.2 Å². The van der Waals surface area contributed by atoms with Crippen LogP contribution in [0.25, 0.3) is 0 Å². The molecule has 0 saturated heterocycles. The molecular weight excluding hydrogens is 464 g/mol. The number of benzene rings is 2. The van der Waals surface area contributed by atoms with E-state index >= 15 is 0 Å². The molecule has 2 amide bonds. The zero-order chi connectivity index (χ0) is 22.3. The first-order chi connectivity index (χ1) is 15.5. The Morgan fingerprint density at radius 2 is 1.53 bits per heavy atom. The van der Waals surface area contributed by atoms with Gasteiger partial charge in [-0.2, -0.15) is 0 Å². The van der Waals surface area contributed by atoms with E-state index in [2.05, 4.69) is 43.2 Å². The van der Waals surface area contributed by atoms with Crippen molar-refractivity contribution in [3.8, 4) is 0 Å². The van der Waals surface area contributed by atoms with Crippen molar-refractivity contribution in [1.82, 2.24) is 20.4 Å². The topological polar surface area (TPSA) is 110 Å². The summed E-state index contributed by atoms with van der Waals surface area (Å²) in [6, 6.07) is 17.6. The van der Waals surface area contributed by atoms with E-state index in [-0.39, 0.29) is 17.6 Å². The fourth-order valence-corrected chi connectivity index (χ4v) is 4.88. The number of aryl methyl sites for hydroxylation is 1. The molecule has 2 heterocycles. The highest BCUT2D eigenvalue weighted by Crippen LogP contribution is 2.26. The van der Waals surface area contributed by atoms with E-state index in [9.17, 15) is 9.59 Å². The van der Waals surface area contributed by atoms with E-state index in [1.165, 1.54) is 40.0 Å². The van der Waals surface area contributed by atoms with Gasteiger partial charge in [-0.25, -0.2) is 0 Å². The molecule has 0 aliphatic heterocycles. The van der Waals surface area contributed by atoms with Crippen molar-refractivity contribution in [3.63, 3.8) is 0 Å². The number of thioether (sulfide) groups is 1. The molecule has 0 saturated carbocycles. The molecule has 2 aromatic carbocycles.